The first-order chi connectivity index (χ1) is 15.1. The van der Waals surface area contributed by atoms with Gasteiger partial charge in [0.15, 0.2) is 0 Å². The lowest BCUT2D eigenvalue weighted by Gasteiger charge is -2.47. The lowest BCUT2D eigenvalue weighted by molar-refractivity contribution is 0.0439. The smallest absolute Gasteiger partial charge is 0.000956 e. The molecule has 5 aliphatic rings. The first-order valence-electron chi connectivity index (χ1n) is 14.6. The molecule has 4 fully saturated rings. The molecular weight excluding hydrogens is 372 g/mol. The van der Waals surface area contributed by atoms with Gasteiger partial charge in [-0.15, -0.1) is 0 Å². The zero-order valence-electron chi connectivity index (χ0n) is 21.5. The standard InChI is InChI=1S/C29H47.C2H6/c1-21-3-7-25(8-4-21)26-13-17-29(18-14-26)15-11-23(12-16-29)19-24-6-10-27-9-5-22(2)28(27)20-24;1-2/h5,9,21-26,28H,3-4,6-8,10-20H2,1-2H3;1-2H3. The summed E-state index contributed by atoms with van der Waals surface area (Å²) in [4.78, 5) is 0. The molecule has 0 aromatic rings. The molecule has 0 amide bonds. The van der Waals surface area contributed by atoms with Gasteiger partial charge in [-0.2, -0.15) is 0 Å². The van der Waals surface area contributed by atoms with Crippen molar-refractivity contribution in [1.82, 2.24) is 0 Å². The maximum absolute atomic E-state index is 2.48. The maximum atomic E-state index is 2.48. The highest BCUT2D eigenvalue weighted by Gasteiger charge is 2.42. The summed E-state index contributed by atoms with van der Waals surface area (Å²) in [5.41, 5.74) is 0.784. The van der Waals surface area contributed by atoms with Crippen LogP contribution in [0.15, 0.2) is 12.2 Å². The van der Waals surface area contributed by atoms with Crippen LogP contribution in [-0.2, 0) is 0 Å². The second-order valence-electron chi connectivity index (χ2n) is 12.6. The number of allylic oxidation sites excluding steroid dienone is 2. The molecule has 5 aliphatic carbocycles. The van der Waals surface area contributed by atoms with Gasteiger partial charge in [0.05, 0.1) is 0 Å². The molecule has 3 atom stereocenters. The first kappa shape index (κ1) is 23.9. The van der Waals surface area contributed by atoms with Crippen molar-refractivity contribution in [2.75, 3.05) is 0 Å². The van der Waals surface area contributed by atoms with Gasteiger partial charge in [-0.3, -0.25) is 0 Å². The minimum absolute atomic E-state index is 0.784. The van der Waals surface area contributed by atoms with E-state index in [2.05, 4.69) is 26.0 Å². The largest absolute Gasteiger partial charge is 0.0848 e. The predicted octanol–water partition coefficient (Wildman–Crippen LogP) is 9.79. The molecule has 0 saturated heterocycles. The number of rotatable bonds is 3. The van der Waals surface area contributed by atoms with Crippen LogP contribution in [0.3, 0.4) is 0 Å². The van der Waals surface area contributed by atoms with Crippen molar-refractivity contribution in [2.45, 2.75) is 130 Å². The lowest BCUT2D eigenvalue weighted by Crippen LogP contribution is -2.35. The summed E-state index contributed by atoms with van der Waals surface area (Å²) in [5.74, 6) is 8.84. The van der Waals surface area contributed by atoms with Crippen molar-refractivity contribution < 1.29 is 0 Å². The van der Waals surface area contributed by atoms with Crippen LogP contribution in [0.25, 0.3) is 0 Å². The monoisotopic (exact) mass is 425 g/mol. The van der Waals surface area contributed by atoms with E-state index in [-0.39, 0.29) is 0 Å². The van der Waals surface area contributed by atoms with Crippen molar-refractivity contribution >= 4 is 0 Å². The Morgan fingerprint density at radius 3 is 2.03 bits per heavy atom. The highest BCUT2D eigenvalue weighted by Crippen LogP contribution is 2.54. The molecule has 3 unspecified atom stereocenters. The number of fused-ring (bicyclic) bond motifs is 1. The molecule has 0 heterocycles. The van der Waals surface area contributed by atoms with E-state index in [9.17, 15) is 0 Å². The van der Waals surface area contributed by atoms with E-state index in [4.69, 9.17) is 0 Å². The third kappa shape index (κ3) is 5.63. The minimum Gasteiger partial charge on any atom is -0.0848 e. The Kier molecular flexibility index (Phi) is 8.30. The average molecular weight is 426 g/mol. The van der Waals surface area contributed by atoms with Crippen molar-refractivity contribution in [3.63, 3.8) is 0 Å². The van der Waals surface area contributed by atoms with E-state index in [1.807, 2.05) is 13.8 Å². The molecule has 0 aromatic heterocycles. The Bertz CT molecular complexity index is 547. The fourth-order valence-electron chi connectivity index (χ4n) is 8.55. The fraction of sp³-hybridized carbons (Fsp3) is 0.903. The summed E-state index contributed by atoms with van der Waals surface area (Å²) >= 11 is 0. The van der Waals surface area contributed by atoms with E-state index in [0.717, 1.165) is 46.8 Å². The van der Waals surface area contributed by atoms with Crippen LogP contribution in [0.5, 0.6) is 0 Å². The first-order valence-corrected chi connectivity index (χ1v) is 14.6. The van der Waals surface area contributed by atoms with E-state index in [0.29, 0.717) is 0 Å². The lowest BCUT2D eigenvalue weighted by atomic mass is 9.58. The van der Waals surface area contributed by atoms with Gasteiger partial charge in [0.1, 0.15) is 0 Å². The van der Waals surface area contributed by atoms with Crippen LogP contribution in [-0.4, -0.2) is 0 Å². The van der Waals surface area contributed by atoms with Crippen LogP contribution in [0.1, 0.15) is 130 Å². The molecule has 1 spiro atoms. The SMILES string of the molecule is CC.CC1CCC(C2CCC3(CCC(CC4CC[C]5C=CC(C)C5C4)CC3)CC2)CC1. The van der Waals surface area contributed by atoms with Crippen LogP contribution >= 0.6 is 0 Å². The molecule has 31 heavy (non-hydrogen) atoms. The Balaban J connectivity index is 0.00000112. The summed E-state index contributed by atoms with van der Waals surface area (Å²) in [5, 5.41) is 0. The Hall–Kier alpha value is -0.260. The molecule has 0 bridgehead atoms. The van der Waals surface area contributed by atoms with Gasteiger partial charge >= 0.3 is 0 Å². The summed E-state index contributed by atoms with van der Waals surface area (Å²) in [6, 6.07) is 0. The fourth-order valence-corrected chi connectivity index (χ4v) is 8.55. The van der Waals surface area contributed by atoms with Crippen LogP contribution in [0.4, 0.5) is 0 Å². The van der Waals surface area contributed by atoms with Crippen LogP contribution in [0.2, 0.25) is 0 Å². The molecule has 5 rings (SSSR count). The third-order valence-electron chi connectivity index (χ3n) is 10.8. The van der Waals surface area contributed by atoms with E-state index < -0.39 is 0 Å². The molecular formula is C31H53. The molecule has 177 valence electrons. The van der Waals surface area contributed by atoms with Crippen molar-refractivity contribution in [3.05, 3.63) is 18.1 Å². The van der Waals surface area contributed by atoms with Gasteiger partial charge in [0, 0.05) is 5.92 Å². The Morgan fingerprint density at radius 1 is 0.742 bits per heavy atom. The van der Waals surface area contributed by atoms with Gasteiger partial charge in [0.25, 0.3) is 0 Å². The summed E-state index contributed by atoms with van der Waals surface area (Å²) in [6.45, 7) is 8.92. The van der Waals surface area contributed by atoms with Crippen molar-refractivity contribution in [3.8, 4) is 0 Å². The highest BCUT2D eigenvalue weighted by molar-refractivity contribution is 5.24. The molecule has 0 aromatic carbocycles. The van der Waals surface area contributed by atoms with Crippen molar-refractivity contribution in [1.29, 1.82) is 0 Å². The highest BCUT2D eigenvalue weighted by atomic mass is 14.5. The zero-order valence-corrected chi connectivity index (χ0v) is 21.5. The summed E-state index contributed by atoms with van der Waals surface area (Å²) in [6.07, 6.45) is 29.7. The summed E-state index contributed by atoms with van der Waals surface area (Å²) in [7, 11) is 0. The predicted molar refractivity (Wildman–Crippen MR) is 136 cm³/mol. The molecule has 4 saturated carbocycles. The van der Waals surface area contributed by atoms with Gasteiger partial charge in [-0.1, -0.05) is 52.7 Å². The minimum atomic E-state index is 0.784. The average Bonchev–Trinajstić information content (AvgIpc) is 3.18. The second-order valence-corrected chi connectivity index (χ2v) is 12.6. The number of hydrogen-bond donors (Lipinski definition) is 0. The Morgan fingerprint density at radius 2 is 1.35 bits per heavy atom. The van der Waals surface area contributed by atoms with Crippen molar-refractivity contribution in [2.24, 2.45) is 46.8 Å². The van der Waals surface area contributed by atoms with Crippen LogP contribution < -0.4 is 0 Å². The second kappa shape index (κ2) is 10.8. The molecule has 1 radical (unpaired) electrons. The molecule has 0 heteroatoms. The van der Waals surface area contributed by atoms with Crippen LogP contribution in [0, 0.1) is 52.8 Å². The van der Waals surface area contributed by atoms with E-state index >= 15 is 0 Å². The third-order valence-corrected chi connectivity index (χ3v) is 10.8. The zero-order chi connectivity index (χ0) is 21.8. The molecule has 0 nitrogen and oxygen atoms in total. The summed E-state index contributed by atoms with van der Waals surface area (Å²) < 4.78 is 0. The molecule has 0 aliphatic heterocycles. The van der Waals surface area contributed by atoms with E-state index in [1.165, 1.54) is 32.1 Å². The van der Waals surface area contributed by atoms with Gasteiger partial charge in [-0.25, -0.2) is 0 Å². The maximum Gasteiger partial charge on any atom is 0.000956 e. The number of hydrogen-bond acceptors (Lipinski definition) is 0. The topological polar surface area (TPSA) is 0 Å². The van der Waals surface area contributed by atoms with E-state index in [1.54, 1.807) is 76.5 Å². The normalized spacial score (nSPS) is 45.7. The quantitative estimate of drug-likeness (QED) is 0.422. The van der Waals surface area contributed by atoms with Gasteiger partial charge in [-0.05, 0) is 137 Å². The Labute approximate surface area is 195 Å². The molecule has 0 N–H and O–H groups in total. The van der Waals surface area contributed by atoms with Gasteiger partial charge in [0.2, 0.25) is 0 Å². The van der Waals surface area contributed by atoms with Gasteiger partial charge < -0.3 is 0 Å².